The van der Waals surface area contributed by atoms with Crippen LogP contribution in [0, 0.1) is 5.82 Å². The standard InChI is InChI=1S/C21H20FN3O3/c22-16-8-9-19-18(11-16)23-20(13-26)25(19)12-17-7-4-10-24(17)21(27)28-14-15-5-2-1-3-6-15/h1-3,5-6,8-9,11,13,17H,4,7,10,12,14H2/t17-/m0/s1. The zero-order valence-electron chi connectivity index (χ0n) is 15.3. The SMILES string of the molecule is O=Cc1nc2cc(F)ccc2n1C[C@@H]1CCCN1C(=O)OCc1ccccc1. The highest BCUT2D eigenvalue weighted by molar-refractivity contribution is 5.83. The van der Waals surface area contributed by atoms with Gasteiger partial charge >= 0.3 is 6.09 Å². The number of nitrogens with zero attached hydrogens (tertiary/aromatic N) is 3. The van der Waals surface area contributed by atoms with Crippen molar-refractivity contribution in [2.24, 2.45) is 0 Å². The van der Waals surface area contributed by atoms with Crippen molar-refractivity contribution in [2.45, 2.75) is 32.0 Å². The average Bonchev–Trinajstić information content (AvgIpc) is 3.31. The quantitative estimate of drug-likeness (QED) is 0.631. The Hall–Kier alpha value is -3.22. The van der Waals surface area contributed by atoms with E-state index in [2.05, 4.69) is 4.98 Å². The molecular weight excluding hydrogens is 361 g/mol. The van der Waals surface area contributed by atoms with Crippen molar-refractivity contribution in [1.82, 2.24) is 14.5 Å². The fourth-order valence-corrected chi connectivity index (χ4v) is 3.68. The van der Waals surface area contributed by atoms with Crippen molar-refractivity contribution in [1.29, 1.82) is 0 Å². The van der Waals surface area contributed by atoms with E-state index in [0.29, 0.717) is 30.4 Å². The number of benzene rings is 2. The van der Waals surface area contributed by atoms with Crippen LogP contribution in [0.4, 0.5) is 9.18 Å². The Bertz CT molecular complexity index is 1000. The Kier molecular flexibility index (Phi) is 5.06. The number of carbonyl (C=O) groups is 2. The lowest BCUT2D eigenvalue weighted by Gasteiger charge is -2.25. The maximum Gasteiger partial charge on any atom is 0.410 e. The second-order valence-electron chi connectivity index (χ2n) is 6.86. The molecule has 28 heavy (non-hydrogen) atoms. The van der Waals surface area contributed by atoms with E-state index in [9.17, 15) is 14.0 Å². The molecule has 1 aliphatic heterocycles. The molecule has 1 fully saturated rings. The van der Waals surface area contributed by atoms with Crippen LogP contribution in [-0.4, -0.2) is 39.4 Å². The molecule has 6 nitrogen and oxygen atoms in total. The van der Waals surface area contributed by atoms with Gasteiger partial charge in [-0.25, -0.2) is 14.2 Å². The van der Waals surface area contributed by atoms with E-state index in [-0.39, 0.29) is 24.6 Å². The molecule has 7 heteroatoms. The van der Waals surface area contributed by atoms with Gasteiger partial charge in [-0.15, -0.1) is 0 Å². The number of hydrogen-bond acceptors (Lipinski definition) is 4. The second-order valence-corrected chi connectivity index (χ2v) is 6.86. The third-order valence-corrected chi connectivity index (χ3v) is 5.06. The first-order chi connectivity index (χ1) is 13.7. The van der Waals surface area contributed by atoms with Gasteiger partial charge in [0.05, 0.1) is 17.1 Å². The molecule has 1 amide bonds. The fraction of sp³-hybridized carbons (Fsp3) is 0.286. The molecule has 0 spiro atoms. The van der Waals surface area contributed by atoms with E-state index in [4.69, 9.17) is 4.74 Å². The van der Waals surface area contributed by atoms with Gasteiger partial charge in [-0.2, -0.15) is 0 Å². The van der Waals surface area contributed by atoms with Crippen molar-refractivity contribution in [3.8, 4) is 0 Å². The topological polar surface area (TPSA) is 64.4 Å². The summed E-state index contributed by atoms with van der Waals surface area (Å²) >= 11 is 0. The molecule has 144 valence electrons. The van der Waals surface area contributed by atoms with E-state index in [1.54, 1.807) is 15.5 Å². The molecule has 3 aromatic rings. The molecule has 0 saturated carbocycles. The van der Waals surface area contributed by atoms with Crippen LogP contribution in [0.25, 0.3) is 11.0 Å². The Labute approximate surface area is 161 Å². The summed E-state index contributed by atoms with van der Waals surface area (Å²) in [6.07, 6.45) is 1.96. The largest absolute Gasteiger partial charge is 0.445 e. The van der Waals surface area contributed by atoms with Crippen molar-refractivity contribution in [2.75, 3.05) is 6.54 Å². The number of ether oxygens (including phenoxy) is 1. The predicted octanol–water partition coefficient (Wildman–Crippen LogP) is 3.79. The zero-order chi connectivity index (χ0) is 19.5. The van der Waals surface area contributed by atoms with Crippen molar-refractivity contribution < 1.29 is 18.7 Å². The van der Waals surface area contributed by atoms with Crippen LogP contribution in [0.1, 0.15) is 29.0 Å². The van der Waals surface area contributed by atoms with Gasteiger partial charge in [-0.3, -0.25) is 4.79 Å². The minimum Gasteiger partial charge on any atom is -0.445 e. The predicted molar refractivity (Wildman–Crippen MR) is 101 cm³/mol. The lowest BCUT2D eigenvalue weighted by Crippen LogP contribution is -2.38. The Morgan fingerprint density at radius 1 is 1.25 bits per heavy atom. The molecule has 2 aromatic carbocycles. The molecule has 1 aromatic heterocycles. The number of likely N-dealkylation sites (tertiary alicyclic amines) is 1. The first kappa shape index (κ1) is 18.2. The number of halogens is 1. The summed E-state index contributed by atoms with van der Waals surface area (Å²) in [7, 11) is 0. The van der Waals surface area contributed by atoms with Crippen LogP contribution < -0.4 is 0 Å². The monoisotopic (exact) mass is 381 g/mol. The van der Waals surface area contributed by atoms with Crippen molar-refractivity contribution in [3.05, 3.63) is 65.7 Å². The van der Waals surface area contributed by atoms with Crippen LogP contribution in [0.5, 0.6) is 0 Å². The Morgan fingerprint density at radius 3 is 2.86 bits per heavy atom. The number of aldehydes is 1. The van der Waals surface area contributed by atoms with Crippen molar-refractivity contribution in [3.63, 3.8) is 0 Å². The van der Waals surface area contributed by atoms with Crippen LogP contribution >= 0.6 is 0 Å². The van der Waals surface area contributed by atoms with Gasteiger partial charge in [-0.1, -0.05) is 30.3 Å². The summed E-state index contributed by atoms with van der Waals surface area (Å²) in [4.78, 5) is 29.9. The lowest BCUT2D eigenvalue weighted by molar-refractivity contribution is 0.0895. The molecule has 2 heterocycles. The van der Waals surface area contributed by atoms with Gasteiger partial charge in [0.25, 0.3) is 0 Å². The van der Waals surface area contributed by atoms with Crippen LogP contribution in [-0.2, 0) is 17.9 Å². The van der Waals surface area contributed by atoms with E-state index in [1.165, 1.54) is 12.1 Å². The second kappa shape index (κ2) is 7.80. The van der Waals surface area contributed by atoms with E-state index in [1.807, 2.05) is 30.3 Å². The number of amides is 1. The van der Waals surface area contributed by atoms with Gasteiger partial charge in [0, 0.05) is 19.2 Å². The molecule has 0 bridgehead atoms. The summed E-state index contributed by atoms with van der Waals surface area (Å²) in [5.41, 5.74) is 2.03. The minimum atomic E-state index is -0.401. The molecule has 0 N–H and O–H groups in total. The summed E-state index contributed by atoms with van der Waals surface area (Å²) in [5.74, 6) is -0.174. The highest BCUT2D eigenvalue weighted by Crippen LogP contribution is 2.24. The molecular formula is C21H20FN3O3. The van der Waals surface area contributed by atoms with Gasteiger partial charge in [0.2, 0.25) is 0 Å². The molecule has 1 atom stereocenters. The summed E-state index contributed by atoms with van der Waals surface area (Å²) in [6, 6.07) is 13.7. The summed E-state index contributed by atoms with van der Waals surface area (Å²) in [6.45, 7) is 1.24. The normalized spacial score (nSPS) is 16.5. The maximum atomic E-state index is 13.5. The molecule has 0 unspecified atom stereocenters. The fourth-order valence-electron chi connectivity index (χ4n) is 3.68. The highest BCUT2D eigenvalue weighted by Gasteiger charge is 2.31. The summed E-state index contributed by atoms with van der Waals surface area (Å²) < 4.78 is 20.7. The Balaban J connectivity index is 1.50. The number of hydrogen-bond donors (Lipinski definition) is 0. The van der Waals surface area contributed by atoms with E-state index < -0.39 is 5.82 Å². The van der Waals surface area contributed by atoms with Crippen LogP contribution in [0.15, 0.2) is 48.5 Å². The minimum absolute atomic E-state index is 0.107. The van der Waals surface area contributed by atoms with Gasteiger partial charge in [-0.05, 0) is 30.5 Å². The van der Waals surface area contributed by atoms with Crippen molar-refractivity contribution >= 4 is 23.4 Å². The van der Waals surface area contributed by atoms with Gasteiger partial charge < -0.3 is 14.2 Å². The van der Waals surface area contributed by atoms with Gasteiger partial charge in [0.1, 0.15) is 12.4 Å². The number of fused-ring (bicyclic) bond motifs is 1. The van der Waals surface area contributed by atoms with Gasteiger partial charge in [0.15, 0.2) is 12.1 Å². The third kappa shape index (κ3) is 3.60. The summed E-state index contributed by atoms with van der Waals surface area (Å²) in [5, 5.41) is 0. The number of imidazole rings is 1. The third-order valence-electron chi connectivity index (χ3n) is 5.06. The van der Waals surface area contributed by atoms with E-state index in [0.717, 1.165) is 18.4 Å². The molecule has 4 rings (SSSR count). The Morgan fingerprint density at radius 2 is 2.07 bits per heavy atom. The lowest BCUT2D eigenvalue weighted by atomic mass is 10.2. The number of aromatic nitrogens is 2. The molecule has 0 radical (unpaired) electrons. The first-order valence-electron chi connectivity index (χ1n) is 9.24. The van der Waals surface area contributed by atoms with Crippen LogP contribution in [0.3, 0.4) is 0 Å². The number of rotatable bonds is 5. The molecule has 1 aliphatic rings. The zero-order valence-corrected chi connectivity index (χ0v) is 15.3. The molecule has 1 saturated heterocycles. The van der Waals surface area contributed by atoms with Crippen LogP contribution in [0.2, 0.25) is 0 Å². The highest BCUT2D eigenvalue weighted by atomic mass is 19.1. The molecule has 0 aliphatic carbocycles. The number of carbonyl (C=O) groups excluding carboxylic acids is 2. The first-order valence-corrected chi connectivity index (χ1v) is 9.24. The average molecular weight is 381 g/mol. The maximum absolute atomic E-state index is 13.5. The van der Waals surface area contributed by atoms with E-state index >= 15 is 0 Å². The smallest absolute Gasteiger partial charge is 0.410 e.